The molecular formula is C15H22N2O3. The van der Waals surface area contributed by atoms with Gasteiger partial charge in [0.15, 0.2) is 0 Å². The molecule has 20 heavy (non-hydrogen) atoms. The fourth-order valence-corrected chi connectivity index (χ4v) is 2.57. The number of nitrogens with one attached hydrogen (secondary N) is 1. The van der Waals surface area contributed by atoms with Gasteiger partial charge in [-0.15, -0.1) is 0 Å². The molecule has 0 radical (unpaired) electrons. The lowest BCUT2D eigenvalue weighted by molar-refractivity contribution is -0.146. The van der Waals surface area contributed by atoms with Crippen LogP contribution in [0.4, 0.5) is 5.82 Å². The third-order valence-corrected chi connectivity index (χ3v) is 3.63. The fourth-order valence-electron chi connectivity index (χ4n) is 2.57. The van der Waals surface area contributed by atoms with Crippen molar-refractivity contribution in [2.45, 2.75) is 38.6 Å². The lowest BCUT2D eigenvalue weighted by Crippen LogP contribution is -2.30. The molecule has 1 aromatic rings. The first-order chi connectivity index (χ1) is 9.72. The van der Waals surface area contributed by atoms with E-state index in [0.717, 1.165) is 31.5 Å². The van der Waals surface area contributed by atoms with E-state index < -0.39 is 0 Å². The van der Waals surface area contributed by atoms with Gasteiger partial charge in [-0.1, -0.05) is 6.07 Å². The summed E-state index contributed by atoms with van der Waals surface area (Å²) in [6, 6.07) is 6.08. The van der Waals surface area contributed by atoms with E-state index in [1.807, 2.05) is 25.1 Å². The minimum Gasteiger partial charge on any atom is -0.478 e. The molecule has 1 saturated carbocycles. The molecule has 110 valence electrons. The first kappa shape index (κ1) is 14.6. The zero-order valence-electron chi connectivity index (χ0n) is 12.1. The van der Waals surface area contributed by atoms with Crippen LogP contribution in [0.1, 0.15) is 32.6 Å². The van der Waals surface area contributed by atoms with Gasteiger partial charge in [-0.3, -0.25) is 4.79 Å². The van der Waals surface area contributed by atoms with Crippen molar-refractivity contribution in [3.05, 3.63) is 18.2 Å². The quantitative estimate of drug-likeness (QED) is 0.839. The Morgan fingerprint density at radius 2 is 2.10 bits per heavy atom. The maximum atomic E-state index is 11.5. The maximum Gasteiger partial charge on any atom is 0.308 e. The van der Waals surface area contributed by atoms with Crippen molar-refractivity contribution in [1.29, 1.82) is 0 Å². The van der Waals surface area contributed by atoms with Gasteiger partial charge in [-0.2, -0.15) is 4.98 Å². The molecule has 0 saturated heterocycles. The van der Waals surface area contributed by atoms with E-state index in [2.05, 4.69) is 10.3 Å². The molecule has 5 heteroatoms. The lowest BCUT2D eigenvalue weighted by Gasteiger charge is -2.27. The van der Waals surface area contributed by atoms with Gasteiger partial charge in [0.2, 0.25) is 5.88 Å². The zero-order chi connectivity index (χ0) is 14.4. The summed E-state index contributed by atoms with van der Waals surface area (Å²) in [6.45, 7) is 2.55. The van der Waals surface area contributed by atoms with Crippen LogP contribution in [0.15, 0.2) is 18.2 Å². The first-order valence-electron chi connectivity index (χ1n) is 7.17. The summed E-state index contributed by atoms with van der Waals surface area (Å²) in [5.74, 6) is 1.44. The van der Waals surface area contributed by atoms with Crippen molar-refractivity contribution >= 4 is 11.8 Å². The summed E-state index contributed by atoms with van der Waals surface area (Å²) in [4.78, 5) is 15.9. The molecule has 1 heterocycles. The molecule has 0 spiro atoms. The van der Waals surface area contributed by atoms with Gasteiger partial charge in [-0.05, 0) is 38.7 Å². The number of rotatable bonds is 5. The molecule has 1 N–H and O–H groups in total. The summed E-state index contributed by atoms with van der Waals surface area (Å²) in [5.41, 5.74) is 0. The Kier molecular flexibility index (Phi) is 5.21. The van der Waals surface area contributed by atoms with Gasteiger partial charge < -0.3 is 14.8 Å². The van der Waals surface area contributed by atoms with E-state index in [-0.39, 0.29) is 11.9 Å². The number of hydrogen-bond donors (Lipinski definition) is 1. The Hall–Kier alpha value is -1.78. The molecule has 0 aliphatic heterocycles. The first-order valence-corrected chi connectivity index (χ1v) is 7.17. The van der Waals surface area contributed by atoms with Gasteiger partial charge in [0, 0.05) is 12.1 Å². The van der Waals surface area contributed by atoms with Crippen LogP contribution in [-0.4, -0.2) is 30.7 Å². The Balaban J connectivity index is 1.86. The molecule has 2 rings (SSSR count). The van der Waals surface area contributed by atoms with Crippen molar-refractivity contribution in [3.8, 4) is 5.88 Å². The molecule has 0 unspecified atom stereocenters. The van der Waals surface area contributed by atoms with Gasteiger partial charge in [-0.25, -0.2) is 0 Å². The number of carbonyl (C=O) groups excluding carboxylic acids is 1. The van der Waals surface area contributed by atoms with Crippen LogP contribution in [-0.2, 0) is 9.53 Å². The number of aromatic nitrogens is 1. The van der Waals surface area contributed by atoms with Gasteiger partial charge >= 0.3 is 5.97 Å². The highest BCUT2D eigenvalue weighted by atomic mass is 16.5. The van der Waals surface area contributed by atoms with E-state index in [9.17, 15) is 4.79 Å². The van der Waals surface area contributed by atoms with Crippen LogP contribution >= 0.6 is 0 Å². The lowest BCUT2D eigenvalue weighted by atomic mass is 9.86. The number of methoxy groups -OCH3 is 1. The van der Waals surface area contributed by atoms with Gasteiger partial charge in [0.05, 0.1) is 19.6 Å². The van der Waals surface area contributed by atoms with E-state index in [1.54, 1.807) is 0 Å². The molecule has 1 aromatic heterocycles. The minimum absolute atomic E-state index is 0.0563. The average Bonchev–Trinajstić information content (AvgIpc) is 2.48. The monoisotopic (exact) mass is 278 g/mol. The van der Waals surface area contributed by atoms with Crippen LogP contribution in [0, 0.1) is 5.92 Å². The van der Waals surface area contributed by atoms with Crippen LogP contribution in [0.3, 0.4) is 0 Å². The summed E-state index contributed by atoms with van der Waals surface area (Å²) >= 11 is 0. The molecule has 0 atom stereocenters. The molecule has 1 aliphatic rings. The summed E-state index contributed by atoms with van der Waals surface area (Å²) in [6.07, 6.45) is 3.66. The normalized spacial score (nSPS) is 22.1. The van der Waals surface area contributed by atoms with Crippen molar-refractivity contribution in [2.75, 3.05) is 19.0 Å². The summed E-state index contributed by atoms with van der Waals surface area (Å²) < 4.78 is 10.2. The van der Waals surface area contributed by atoms with E-state index in [4.69, 9.17) is 9.47 Å². The topological polar surface area (TPSA) is 60.5 Å². The summed E-state index contributed by atoms with van der Waals surface area (Å²) in [7, 11) is 1.45. The number of pyridine rings is 1. The number of hydrogen-bond acceptors (Lipinski definition) is 5. The predicted octanol–water partition coefficient (Wildman–Crippen LogP) is 2.62. The van der Waals surface area contributed by atoms with Gasteiger partial charge in [0.1, 0.15) is 5.82 Å². The summed E-state index contributed by atoms with van der Waals surface area (Å²) in [5, 5.41) is 3.41. The second-order valence-electron chi connectivity index (χ2n) is 5.01. The number of anilines is 1. The largest absolute Gasteiger partial charge is 0.478 e. The van der Waals surface area contributed by atoms with Crippen LogP contribution in [0.5, 0.6) is 5.88 Å². The molecule has 0 aromatic carbocycles. The van der Waals surface area contributed by atoms with Crippen molar-refractivity contribution in [1.82, 2.24) is 4.98 Å². The van der Waals surface area contributed by atoms with Crippen LogP contribution in [0.2, 0.25) is 0 Å². The Labute approximate surface area is 119 Å². The molecule has 0 bridgehead atoms. The van der Waals surface area contributed by atoms with Crippen LogP contribution < -0.4 is 10.1 Å². The second-order valence-corrected chi connectivity index (χ2v) is 5.01. The Bertz CT molecular complexity index is 442. The molecule has 1 fully saturated rings. The van der Waals surface area contributed by atoms with Crippen molar-refractivity contribution < 1.29 is 14.3 Å². The zero-order valence-corrected chi connectivity index (χ0v) is 12.1. The van der Waals surface area contributed by atoms with Crippen molar-refractivity contribution in [3.63, 3.8) is 0 Å². The highest BCUT2D eigenvalue weighted by molar-refractivity contribution is 5.72. The van der Waals surface area contributed by atoms with Crippen molar-refractivity contribution in [2.24, 2.45) is 5.92 Å². The second kappa shape index (κ2) is 7.12. The highest BCUT2D eigenvalue weighted by Gasteiger charge is 2.26. The third-order valence-electron chi connectivity index (χ3n) is 3.63. The molecule has 1 aliphatic carbocycles. The van der Waals surface area contributed by atoms with E-state index >= 15 is 0 Å². The minimum atomic E-state index is -0.0834. The number of ether oxygens (including phenoxy) is 2. The predicted molar refractivity (Wildman–Crippen MR) is 76.8 cm³/mol. The highest BCUT2D eigenvalue weighted by Crippen LogP contribution is 2.27. The third kappa shape index (κ3) is 3.85. The Morgan fingerprint density at radius 3 is 2.75 bits per heavy atom. The smallest absolute Gasteiger partial charge is 0.308 e. The Morgan fingerprint density at radius 1 is 1.35 bits per heavy atom. The number of esters is 1. The molecular weight excluding hydrogens is 256 g/mol. The van der Waals surface area contributed by atoms with Crippen LogP contribution in [0.25, 0.3) is 0 Å². The SMILES string of the molecule is CCOc1cccc(NC2CCC(C(=O)OC)CC2)n1. The molecule has 0 amide bonds. The fraction of sp³-hybridized carbons (Fsp3) is 0.600. The standard InChI is InChI=1S/C15H22N2O3/c1-3-20-14-6-4-5-13(17-14)16-12-9-7-11(8-10-12)15(18)19-2/h4-6,11-12H,3,7-10H2,1-2H3,(H,16,17). The maximum absolute atomic E-state index is 11.5. The van der Waals surface area contributed by atoms with E-state index in [1.165, 1.54) is 7.11 Å². The average molecular weight is 278 g/mol. The van der Waals surface area contributed by atoms with Gasteiger partial charge in [0.25, 0.3) is 0 Å². The molecule has 5 nitrogen and oxygen atoms in total. The number of carbonyl (C=O) groups is 1. The number of nitrogens with zero attached hydrogens (tertiary/aromatic N) is 1. The van der Waals surface area contributed by atoms with E-state index in [0.29, 0.717) is 18.5 Å².